The van der Waals surface area contributed by atoms with Crippen LogP contribution in [0.15, 0.2) is 24.3 Å². The highest BCUT2D eigenvalue weighted by atomic mass is 19.4. The van der Waals surface area contributed by atoms with Crippen molar-refractivity contribution in [3.05, 3.63) is 35.4 Å². The topological polar surface area (TPSA) is 26.3 Å². The number of halogens is 5. The van der Waals surface area contributed by atoms with Crippen LogP contribution in [-0.4, -0.2) is 12.6 Å². The van der Waals surface area contributed by atoms with Crippen LogP contribution in [-0.2, 0) is 22.1 Å². The number of benzene rings is 1. The highest BCUT2D eigenvalue weighted by molar-refractivity contribution is 5.39. The average molecular weight is 253 g/mol. The van der Waals surface area contributed by atoms with E-state index in [1.807, 2.05) is 0 Å². The lowest BCUT2D eigenvalue weighted by Gasteiger charge is -2.22. The van der Waals surface area contributed by atoms with Crippen LogP contribution in [0.2, 0.25) is 0 Å². The van der Waals surface area contributed by atoms with E-state index in [-0.39, 0.29) is 0 Å². The third-order valence-electron chi connectivity index (χ3n) is 2.00. The van der Waals surface area contributed by atoms with Gasteiger partial charge in [0.1, 0.15) is 6.61 Å². The first-order valence-corrected chi connectivity index (χ1v) is 4.32. The number of hydrogen-bond donors (Lipinski definition) is 0. The van der Waals surface area contributed by atoms with E-state index >= 15 is 0 Å². The summed E-state index contributed by atoms with van der Waals surface area (Å²) in [5, 5.41) is 0. The number of carbonyl (C=O) groups excluding carboxylic acids is 1. The summed E-state index contributed by atoms with van der Waals surface area (Å²) in [7, 11) is 0. The molecule has 0 saturated heterocycles. The van der Waals surface area contributed by atoms with Crippen LogP contribution in [0.4, 0.5) is 22.0 Å². The average Bonchev–Trinajstić information content (AvgIpc) is 2.25. The molecule has 0 spiro atoms. The molecule has 1 aromatic carbocycles. The second-order valence-corrected chi connectivity index (χ2v) is 3.10. The molecular weight excluding hydrogens is 247 g/mol. The normalized spacial score (nSPS) is 12.3. The third kappa shape index (κ3) is 2.72. The summed E-state index contributed by atoms with van der Waals surface area (Å²) in [6.07, 6.45) is -5.70. The van der Waals surface area contributed by atoms with Gasteiger partial charge < -0.3 is 4.74 Å². The first-order chi connectivity index (χ1) is 7.80. The van der Waals surface area contributed by atoms with E-state index in [1.165, 1.54) is 6.07 Å². The molecule has 0 aliphatic heterocycles. The zero-order valence-corrected chi connectivity index (χ0v) is 8.22. The Balaban J connectivity index is 3.16. The van der Waals surface area contributed by atoms with Crippen LogP contribution < -0.4 is 0 Å². The van der Waals surface area contributed by atoms with E-state index in [1.54, 1.807) is 0 Å². The van der Waals surface area contributed by atoms with E-state index < -0.39 is 29.8 Å². The van der Waals surface area contributed by atoms with Crippen LogP contribution >= 0.6 is 0 Å². The lowest BCUT2D eigenvalue weighted by Crippen LogP contribution is -2.34. The van der Waals surface area contributed by atoms with Crippen molar-refractivity contribution in [2.24, 2.45) is 0 Å². The quantitative estimate of drug-likeness (QED) is 0.771. The minimum atomic E-state index is -5.70. The zero-order valence-electron chi connectivity index (χ0n) is 8.22. The Bertz CT molecular complexity index is 400. The summed E-state index contributed by atoms with van der Waals surface area (Å²) in [5.41, 5.74) is -1.65. The number of alkyl halides is 5. The maximum absolute atomic E-state index is 13.1. The van der Waals surface area contributed by atoms with Gasteiger partial charge in [0.25, 0.3) is 0 Å². The molecule has 0 heterocycles. The summed E-state index contributed by atoms with van der Waals surface area (Å²) in [6.45, 7) is 0.268. The van der Waals surface area contributed by atoms with Crippen molar-refractivity contribution in [2.75, 3.05) is 0 Å². The SMILES string of the molecule is O=[C]OCc1ccccc1C(F)(F)C(F)(F)F. The Morgan fingerprint density at radius 1 is 1.12 bits per heavy atom. The zero-order chi connectivity index (χ0) is 13.1. The lowest BCUT2D eigenvalue weighted by atomic mass is 10.0. The summed E-state index contributed by atoms with van der Waals surface area (Å²) in [5.74, 6) is -4.99. The minimum absolute atomic E-state index is 0.418. The van der Waals surface area contributed by atoms with Crippen LogP contribution in [0.1, 0.15) is 11.1 Å². The Kier molecular flexibility index (Phi) is 3.69. The van der Waals surface area contributed by atoms with E-state index in [2.05, 4.69) is 4.74 Å². The predicted molar refractivity (Wildman–Crippen MR) is 46.9 cm³/mol. The number of ether oxygens (including phenoxy) is 1. The van der Waals surface area contributed by atoms with E-state index in [0.717, 1.165) is 18.6 Å². The molecule has 1 aromatic rings. The van der Waals surface area contributed by atoms with Crippen LogP contribution in [0.5, 0.6) is 0 Å². The van der Waals surface area contributed by atoms with Crippen molar-refractivity contribution in [1.82, 2.24) is 0 Å². The van der Waals surface area contributed by atoms with Gasteiger partial charge in [0.05, 0.1) is 0 Å². The Morgan fingerprint density at radius 3 is 2.24 bits per heavy atom. The van der Waals surface area contributed by atoms with Crippen molar-refractivity contribution in [1.29, 1.82) is 0 Å². The van der Waals surface area contributed by atoms with Gasteiger partial charge in [-0.15, -0.1) is 0 Å². The van der Waals surface area contributed by atoms with Gasteiger partial charge in [-0.25, -0.2) is 4.79 Å². The van der Waals surface area contributed by atoms with Crippen LogP contribution in [0.3, 0.4) is 0 Å². The number of rotatable bonds is 4. The Morgan fingerprint density at radius 2 is 1.71 bits per heavy atom. The molecule has 0 atom stereocenters. The van der Waals surface area contributed by atoms with Crippen molar-refractivity contribution in [2.45, 2.75) is 18.7 Å². The van der Waals surface area contributed by atoms with Crippen LogP contribution in [0, 0.1) is 0 Å². The lowest BCUT2D eigenvalue weighted by molar-refractivity contribution is -0.289. The molecule has 17 heavy (non-hydrogen) atoms. The molecule has 0 aliphatic rings. The second kappa shape index (κ2) is 4.68. The molecule has 0 N–H and O–H groups in total. The smallest absolute Gasteiger partial charge is 0.452 e. The highest BCUT2D eigenvalue weighted by Crippen LogP contribution is 2.45. The summed E-state index contributed by atoms with van der Waals surface area (Å²) in [4.78, 5) is 9.78. The molecule has 0 fully saturated rings. The van der Waals surface area contributed by atoms with E-state index in [0.29, 0.717) is 6.07 Å². The maximum atomic E-state index is 13.1. The van der Waals surface area contributed by atoms with Crippen LogP contribution in [0.25, 0.3) is 0 Å². The highest BCUT2D eigenvalue weighted by Gasteiger charge is 2.59. The predicted octanol–water partition coefficient (Wildman–Crippen LogP) is 2.92. The Hall–Kier alpha value is -1.66. The molecule has 0 aromatic heterocycles. The second-order valence-electron chi connectivity index (χ2n) is 3.10. The molecule has 0 aliphatic carbocycles. The monoisotopic (exact) mass is 253 g/mol. The Labute approximate surface area is 93.0 Å². The summed E-state index contributed by atoms with van der Waals surface area (Å²) >= 11 is 0. The first-order valence-electron chi connectivity index (χ1n) is 4.32. The largest absolute Gasteiger partial charge is 0.458 e. The summed E-state index contributed by atoms with van der Waals surface area (Å²) in [6, 6.07) is 3.96. The minimum Gasteiger partial charge on any atom is -0.452 e. The maximum Gasteiger partial charge on any atom is 0.458 e. The van der Waals surface area contributed by atoms with Crippen molar-refractivity contribution < 1.29 is 31.5 Å². The van der Waals surface area contributed by atoms with Gasteiger partial charge >= 0.3 is 18.6 Å². The standard InChI is InChI=1S/C10H6F5O2/c11-9(12,10(13,14)15)8-4-2-1-3-7(8)5-17-6-16/h1-4H,5H2. The molecule has 0 unspecified atom stereocenters. The molecule has 1 radical (unpaired) electrons. The molecular formula is C10H6F5O2. The summed E-state index contributed by atoms with van der Waals surface area (Å²) < 4.78 is 66.7. The first kappa shape index (κ1) is 13.4. The molecule has 0 amide bonds. The van der Waals surface area contributed by atoms with Gasteiger partial charge in [-0.3, -0.25) is 0 Å². The van der Waals surface area contributed by atoms with Gasteiger partial charge in [0, 0.05) is 5.56 Å². The van der Waals surface area contributed by atoms with E-state index in [9.17, 15) is 26.7 Å². The molecule has 7 heteroatoms. The fraction of sp³-hybridized carbons (Fsp3) is 0.300. The molecule has 93 valence electrons. The van der Waals surface area contributed by atoms with E-state index in [4.69, 9.17) is 0 Å². The third-order valence-corrected chi connectivity index (χ3v) is 2.00. The fourth-order valence-electron chi connectivity index (χ4n) is 1.21. The molecule has 0 bridgehead atoms. The number of hydrogen-bond acceptors (Lipinski definition) is 2. The van der Waals surface area contributed by atoms with Crippen molar-refractivity contribution in [3.63, 3.8) is 0 Å². The molecule has 1 rings (SSSR count). The van der Waals surface area contributed by atoms with Gasteiger partial charge in [0.2, 0.25) is 0 Å². The van der Waals surface area contributed by atoms with Gasteiger partial charge in [0.15, 0.2) is 0 Å². The fourth-order valence-corrected chi connectivity index (χ4v) is 1.21. The molecule has 2 nitrogen and oxygen atoms in total. The van der Waals surface area contributed by atoms with Crippen molar-refractivity contribution >= 4 is 6.47 Å². The van der Waals surface area contributed by atoms with Gasteiger partial charge in [-0.2, -0.15) is 22.0 Å². The van der Waals surface area contributed by atoms with Gasteiger partial charge in [-0.05, 0) is 5.56 Å². The molecule has 0 saturated carbocycles. The van der Waals surface area contributed by atoms with Crippen molar-refractivity contribution in [3.8, 4) is 0 Å². The van der Waals surface area contributed by atoms with Gasteiger partial charge in [-0.1, -0.05) is 24.3 Å².